The van der Waals surface area contributed by atoms with Gasteiger partial charge in [-0.3, -0.25) is 9.59 Å². The molecule has 2 rings (SSSR count). The topological polar surface area (TPSA) is 118 Å². The minimum absolute atomic E-state index is 0.171. The first-order chi connectivity index (χ1) is 12.8. The van der Waals surface area contributed by atoms with Crippen molar-refractivity contribution in [2.45, 2.75) is 32.2 Å². The Morgan fingerprint density at radius 2 is 2.00 bits per heavy atom. The normalized spacial score (nSPS) is 12.7. The molecule has 0 aliphatic heterocycles. The summed E-state index contributed by atoms with van der Waals surface area (Å²) in [5.41, 5.74) is -0.871. The molecule has 0 radical (unpaired) electrons. The molecular formula is C19H22N2O6. The fourth-order valence-electron chi connectivity index (χ4n) is 2.48. The second-order valence-corrected chi connectivity index (χ2v) is 6.18. The summed E-state index contributed by atoms with van der Waals surface area (Å²) >= 11 is 0. The minimum atomic E-state index is -1.34. The predicted octanol–water partition coefficient (Wildman–Crippen LogP) is 2.67. The molecule has 3 N–H and O–H groups in total. The summed E-state index contributed by atoms with van der Waals surface area (Å²) in [5, 5.41) is 14.4. The van der Waals surface area contributed by atoms with Gasteiger partial charge in [-0.1, -0.05) is 19.4 Å². The lowest BCUT2D eigenvalue weighted by Crippen LogP contribution is -2.53. The summed E-state index contributed by atoms with van der Waals surface area (Å²) in [6.07, 6.45) is 2.32. The molecule has 1 atom stereocenters. The van der Waals surface area contributed by atoms with Gasteiger partial charge in [0.05, 0.1) is 6.26 Å². The molecule has 0 saturated heterocycles. The van der Waals surface area contributed by atoms with Crippen molar-refractivity contribution in [1.82, 2.24) is 5.32 Å². The first kappa shape index (κ1) is 20.0. The Morgan fingerprint density at radius 1 is 1.22 bits per heavy atom. The Labute approximate surface area is 156 Å². The number of carbonyl (C=O) groups excluding carboxylic acids is 2. The third-order valence-electron chi connectivity index (χ3n) is 3.84. The van der Waals surface area contributed by atoms with Crippen LogP contribution in [-0.4, -0.2) is 35.0 Å². The van der Waals surface area contributed by atoms with Crippen LogP contribution in [0.25, 0.3) is 0 Å². The standard InChI is InChI=1S/C19H22N2O6/c1-3-9-19(2,18(24)25)21-16(22)12-27-14-7-4-6-13(11-14)20-17(23)15-8-5-10-26-15/h4-8,10-11H,3,9,12H2,1-2H3,(H,20,23)(H,21,22)(H,24,25). The van der Waals surface area contributed by atoms with Crippen molar-refractivity contribution < 1.29 is 28.6 Å². The van der Waals surface area contributed by atoms with Gasteiger partial charge < -0.3 is 24.9 Å². The molecular weight excluding hydrogens is 352 g/mol. The maximum absolute atomic E-state index is 12.0. The van der Waals surface area contributed by atoms with E-state index in [-0.39, 0.29) is 12.4 Å². The van der Waals surface area contributed by atoms with Crippen molar-refractivity contribution in [1.29, 1.82) is 0 Å². The molecule has 0 fully saturated rings. The number of anilines is 1. The van der Waals surface area contributed by atoms with Gasteiger partial charge in [0, 0.05) is 11.8 Å². The van der Waals surface area contributed by atoms with E-state index in [2.05, 4.69) is 10.6 Å². The van der Waals surface area contributed by atoms with E-state index in [4.69, 9.17) is 9.15 Å². The van der Waals surface area contributed by atoms with Crippen LogP contribution in [-0.2, 0) is 9.59 Å². The Hall–Kier alpha value is -3.29. The molecule has 1 aromatic carbocycles. The average Bonchev–Trinajstić information content (AvgIpc) is 3.15. The zero-order chi connectivity index (χ0) is 19.9. The molecule has 0 aliphatic rings. The van der Waals surface area contributed by atoms with E-state index in [1.54, 1.807) is 30.3 Å². The largest absolute Gasteiger partial charge is 0.484 e. The van der Waals surface area contributed by atoms with E-state index in [1.165, 1.54) is 19.3 Å². The summed E-state index contributed by atoms with van der Waals surface area (Å²) in [6, 6.07) is 9.64. The smallest absolute Gasteiger partial charge is 0.329 e. The summed E-state index contributed by atoms with van der Waals surface area (Å²) < 4.78 is 10.4. The van der Waals surface area contributed by atoms with Gasteiger partial charge in [-0.15, -0.1) is 0 Å². The lowest BCUT2D eigenvalue weighted by Gasteiger charge is -2.25. The summed E-state index contributed by atoms with van der Waals surface area (Å²) in [5.74, 6) is -1.52. The van der Waals surface area contributed by atoms with Gasteiger partial charge in [-0.05, 0) is 37.6 Å². The first-order valence-corrected chi connectivity index (χ1v) is 8.46. The molecule has 1 heterocycles. The fourth-order valence-corrected chi connectivity index (χ4v) is 2.48. The van der Waals surface area contributed by atoms with Crippen LogP contribution in [0, 0.1) is 0 Å². The molecule has 2 aromatic rings. The number of nitrogens with one attached hydrogen (secondary N) is 2. The third-order valence-corrected chi connectivity index (χ3v) is 3.84. The molecule has 1 aromatic heterocycles. The van der Waals surface area contributed by atoms with Crippen LogP contribution >= 0.6 is 0 Å². The second-order valence-electron chi connectivity index (χ2n) is 6.18. The minimum Gasteiger partial charge on any atom is -0.484 e. The van der Waals surface area contributed by atoms with Crippen LogP contribution in [0.3, 0.4) is 0 Å². The van der Waals surface area contributed by atoms with E-state index in [0.717, 1.165) is 0 Å². The number of hydrogen-bond acceptors (Lipinski definition) is 5. The van der Waals surface area contributed by atoms with Gasteiger partial charge in [0.1, 0.15) is 11.3 Å². The summed E-state index contributed by atoms with van der Waals surface area (Å²) in [6.45, 7) is 2.95. The second kappa shape index (κ2) is 8.88. The van der Waals surface area contributed by atoms with Crippen LogP contribution < -0.4 is 15.4 Å². The lowest BCUT2D eigenvalue weighted by atomic mass is 9.96. The predicted molar refractivity (Wildman–Crippen MR) is 97.7 cm³/mol. The van der Waals surface area contributed by atoms with Crippen molar-refractivity contribution in [2.75, 3.05) is 11.9 Å². The molecule has 0 saturated carbocycles. The number of carboxylic acids is 1. The molecule has 8 heteroatoms. The van der Waals surface area contributed by atoms with E-state index in [9.17, 15) is 19.5 Å². The van der Waals surface area contributed by atoms with Crippen molar-refractivity contribution >= 4 is 23.5 Å². The van der Waals surface area contributed by atoms with Crippen molar-refractivity contribution in [3.8, 4) is 5.75 Å². The Balaban J connectivity index is 1.93. The molecule has 8 nitrogen and oxygen atoms in total. The highest BCUT2D eigenvalue weighted by atomic mass is 16.5. The monoisotopic (exact) mass is 374 g/mol. The van der Waals surface area contributed by atoms with Gasteiger partial charge in [0.25, 0.3) is 11.8 Å². The number of furan rings is 1. The van der Waals surface area contributed by atoms with Crippen LogP contribution in [0.15, 0.2) is 47.1 Å². The first-order valence-electron chi connectivity index (χ1n) is 8.46. The molecule has 2 amide bonds. The lowest BCUT2D eigenvalue weighted by molar-refractivity contribution is -0.147. The molecule has 1 unspecified atom stereocenters. The molecule has 0 aliphatic carbocycles. The van der Waals surface area contributed by atoms with Crippen molar-refractivity contribution in [2.24, 2.45) is 0 Å². The van der Waals surface area contributed by atoms with E-state index in [1.807, 2.05) is 6.92 Å². The number of amides is 2. The maximum atomic E-state index is 12.0. The zero-order valence-corrected chi connectivity index (χ0v) is 15.2. The number of carboxylic acid groups (broad SMARTS) is 1. The number of benzene rings is 1. The number of hydrogen-bond donors (Lipinski definition) is 3. The van der Waals surface area contributed by atoms with Gasteiger partial charge in [0.2, 0.25) is 0 Å². The van der Waals surface area contributed by atoms with Crippen LogP contribution in [0.5, 0.6) is 5.75 Å². The van der Waals surface area contributed by atoms with Gasteiger partial charge in [-0.2, -0.15) is 0 Å². The van der Waals surface area contributed by atoms with Crippen molar-refractivity contribution in [3.05, 3.63) is 48.4 Å². The van der Waals surface area contributed by atoms with Gasteiger partial charge in [-0.25, -0.2) is 4.79 Å². The highest BCUT2D eigenvalue weighted by Gasteiger charge is 2.33. The number of carbonyl (C=O) groups is 3. The number of rotatable bonds is 9. The Kier molecular flexibility index (Phi) is 6.59. The third kappa shape index (κ3) is 5.60. The highest BCUT2D eigenvalue weighted by molar-refractivity contribution is 6.02. The summed E-state index contributed by atoms with van der Waals surface area (Å²) in [4.78, 5) is 35.4. The molecule has 0 spiro atoms. The van der Waals surface area contributed by atoms with E-state index >= 15 is 0 Å². The summed E-state index contributed by atoms with van der Waals surface area (Å²) in [7, 11) is 0. The molecule has 144 valence electrons. The quantitative estimate of drug-likeness (QED) is 0.621. The highest BCUT2D eigenvalue weighted by Crippen LogP contribution is 2.18. The molecule has 27 heavy (non-hydrogen) atoms. The van der Waals surface area contributed by atoms with Gasteiger partial charge in [0.15, 0.2) is 12.4 Å². The van der Waals surface area contributed by atoms with Crippen LogP contribution in [0.2, 0.25) is 0 Å². The number of aliphatic carboxylic acids is 1. The SMILES string of the molecule is CCCC(C)(NC(=O)COc1cccc(NC(=O)c2ccco2)c1)C(=O)O. The van der Waals surface area contributed by atoms with E-state index in [0.29, 0.717) is 24.3 Å². The fraction of sp³-hybridized carbons (Fsp3) is 0.316. The Bertz CT molecular complexity index is 802. The number of ether oxygens (including phenoxy) is 1. The zero-order valence-electron chi connectivity index (χ0n) is 15.2. The van der Waals surface area contributed by atoms with Gasteiger partial charge >= 0.3 is 5.97 Å². The van der Waals surface area contributed by atoms with Crippen molar-refractivity contribution in [3.63, 3.8) is 0 Å². The van der Waals surface area contributed by atoms with E-state index < -0.39 is 23.3 Å². The van der Waals surface area contributed by atoms with Crippen LogP contribution in [0.1, 0.15) is 37.2 Å². The average molecular weight is 374 g/mol. The van der Waals surface area contributed by atoms with Crippen LogP contribution in [0.4, 0.5) is 5.69 Å². The molecule has 0 bridgehead atoms. The maximum Gasteiger partial charge on any atom is 0.329 e. The Morgan fingerprint density at radius 3 is 2.63 bits per heavy atom.